The van der Waals surface area contributed by atoms with Gasteiger partial charge in [0.25, 0.3) is 0 Å². The number of hydrogen-bond donors (Lipinski definition) is 0. The van der Waals surface area contributed by atoms with E-state index in [4.69, 9.17) is 23.4 Å². The van der Waals surface area contributed by atoms with Crippen molar-refractivity contribution in [2.75, 3.05) is 14.2 Å². The molecule has 0 amide bonds. The Hall–Kier alpha value is -3.81. The van der Waals surface area contributed by atoms with Crippen LogP contribution in [0.3, 0.4) is 0 Å². The summed E-state index contributed by atoms with van der Waals surface area (Å²) in [7, 11) is 2.85. The van der Waals surface area contributed by atoms with Crippen LogP contribution in [-0.2, 0) is 9.59 Å². The highest BCUT2D eigenvalue weighted by atomic mass is 16.6. The van der Waals surface area contributed by atoms with Gasteiger partial charge in [0.05, 0.1) is 14.2 Å². The van der Waals surface area contributed by atoms with Gasteiger partial charge in [0.15, 0.2) is 16.9 Å². The average Bonchev–Trinajstić information content (AvgIpc) is 2.66. The van der Waals surface area contributed by atoms with E-state index in [0.29, 0.717) is 11.3 Å². The number of ether oxygens (including phenoxy) is 4. The number of hydrogen-bond acceptors (Lipinski definition) is 8. The first-order chi connectivity index (χ1) is 13.8. The van der Waals surface area contributed by atoms with E-state index >= 15 is 0 Å². The Bertz CT molecular complexity index is 1140. The number of fused-ring (bicyclic) bond motifs is 1. The number of rotatable bonds is 5. The zero-order chi connectivity index (χ0) is 21.1. The molecular weight excluding hydrogens is 380 g/mol. The molecule has 8 nitrogen and oxygen atoms in total. The number of carbonyl (C=O) groups excluding carboxylic acids is 2. The summed E-state index contributed by atoms with van der Waals surface area (Å²) in [5.74, 6) is -0.656. The third-order valence-electron chi connectivity index (χ3n) is 3.97. The molecule has 0 fully saturated rings. The Morgan fingerprint density at radius 3 is 2.07 bits per heavy atom. The summed E-state index contributed by atoms with van der Waals surface area (Å²) >= 11 is 0. The van der Waals surface area contributed by atoms with Gasteiger partial charge >= 0.3 is 11.9 Å². The van der Waals surface area contributed by atoms with Gasteiger partial charge in [0.1, 0.15) is 22.5 Å². The topological polar surface area (TPSA) is 101 Å². The summed E-state index contributed by atoms with van der Waals surface area (Å²) < 4.78 is 26.6. The van der Waals surface area contributed by atoms with Crippen molar-refractivity contribution < 1.29 is 33.0 Å². The fourth-order valence-electron chi connectivity index (χ4n) is 2.81. The summed E-state index contributed by atoms with van der Waals surface area (Å²) in [5, 5.41) is -0.00906. The Kier molecular flexibility index (Phi) is 5.54. The molecule has 29 heavy (non-hydrogen) atoms. The summed E-state index contributed by atoms with van der Waals surface area (Å²) in [6.45, 7) is 2.39. The van der Waals surface area contributed by atoms with Gasteiger partial charge in [-0.25, -0.2) is 0 Å². The van der Waals surface area contributed by atoms with Crippen molar-refractivity contribution >= 4 is 22.9 Å². The second-order valence-corrected chi connectivity index (χ2v) is 6.00. The van der Waals surface area contributed by atoms with Crippen LogP contribution in [0.2, 0.25) is 0 Å². The molecule has 0 aliphatic carbocycles. The smallest absolute Gasteiger partial charge is 0.308 e. The molecule has 0 bridgehead atoms. The number of benzene rings is 2. The predicted octanol–water partition coefficient (Wildman–Crippen LogP) is 3.33. The predicted molar refractivity (Wildman–Crippen MR) is 104 cm³/mol. The lowest BCUT2D eigenvalue weighted by Gasteiger charge is -2.15. The van der Waals surface area contributed by atoms with Gasteiger partial charge in [-0.05, 0) is 24.3 Å². The largest absolute Gasteiger partial charge is 0.497 e. The molecule has 0 N–H and O–H groups in total. The van der Waals surface area contributed by atoms with Gasteiger partial charge in [-0.1, -0.05) is 0 Å². The summed E-state index contributed by atoms with van der Waals surface area (Å²) in [6.07, 6.45) is 0. The molecular formula is C21H18O8. The molecule has 8 heteroatoms. The lowest BCUT2D eigenvalue weighted by atomic mass is 10.1. The van der Waals surface area contributed by atoms with Gasteiger partial charge in [-0.15, -0.1) is 0 Å². The quantitative estimate of drug-likeness (QED) is 0.476. The third-order valence-corrected chi connectivity index (χ3v) is 3.97. The zero-order valence-corrected chi connectivity index (χ0v) is 16.2. The molecule has 0 unspecified atom stereocenters. The SMILES string of the molecule is COc1ccc(-c2cc(=O)c3c(OC(C)=O)c(OC)c(OC(C)=O)cc3o2)cc1. The molecule has 0 aliphatic heterocycles. The minimum Gasteiger partial charge on any atom is -0.497 e. The van der Waals surface area contributed by atoms with Crippen molar-refractivity contribution in [3.63, 3.8) is 0 Å². The molecule has 0 saturated heterocycles. The minimum atomic E-state index is -0.678. The first-order valence-corrected chi connectivity index (χ1v) is 8.54. The first-order valence-electron chi connectivity index (χ1n) is 8.54. The average molecular weight is 398 g/mol. The molecule has 0 spiro atoms. The zero-order valence-electron chi connectivity index (χ0n) is 16.2. The van der Waals surface area contributed by atoms with E-state index in [9.17, 15) is 14.4 Å². The van der Waals surface area contributed by atoms with Gasteiger partial charge < -0.3 is 23.4 Å². The van der Waals surface area contributed by atoms with Crippen molar-refractivity contribution in [3.05, 3.63) is 46.6 Å². The van der Waals surface area contributed by atoms with Crippen LogP contribution in [0.5, 0.6) is 23.0 Å². The maximum Gasteiger partial charge on any atom is 0.308 e. The fourth-order valence-corrected chi connectivity index (χ4v) is 2.81. The van der Waals surface area contributed by atoms with Crippen LogP contribution in [0, 0.1) is 0 Å². The Balaban J connectivity index is 2.29. The van der Waals surface area contributed by atoms with Crippen LogP contribution in [0.1, 0.15) is 13.8 Å². The first kappa shape index (κ1) is 19.9. The Labute approximate surface area is 165 Å². The van der Waals surface area contributed by atoms with Crippen LogP contribution in [0.4, 0.5) is 0 Å². The van der Waals surface area contributed by atoms with Crippen molar-refractivity contribution in [3.8, 4) is 34.3 Å². The van der Waals surface area contributed by atoms with Crippen molar-refractivity contribution in [1.82, 2.24) is 0 Å². The van der Waals surface area contributed by atoms with E-state index in [0.717, 1.165) is 0 Å². The second kappa shape index (κ2) is 8.05. The second-order valence-electron chi connectivity index (χ2n) is 6.00. The summed E-state index contributed by atoms with van der Waals surface area (Å²) in [6, 6.07) is 9.53. The highest BCUT2D eigenvalue weighted by Crippen LogP contribution is 2.43. The third kappa shape index (κ3) is 4.06. The van der Waals surface area contributed by atoms with E-state index < -0.39 is 17.4 Å². The number of carbonyl (C=O) groups is 2. The number of esters is 2. The Morgan fingerprint density at radius 1 is 0.862 bits per heavy atom. The molecule has 0 radical (unpaired) electrons. The highest BCUT2D eigenvalue weighted by molar-refractivity contribution is 5.93. The normalized spacial score (nSPS) is 10.5. The molecule has 0 saturated carbocycles. The molecule has 150 valence electrons. The summed E-state index contributed by atoms with van der Waals surface area (Å²) in [4.78, 5) is 35.9. The van der Waals surface area contributed by atoms with Crippen molar-refractivity contribution in [2.24, 2.45) is 0 Å². The van der Waals surface area contributed by atoms with Crippen LogP contribution in [0.15, 0.2) is 45.6 Å². The van der Waals surface area contributed by atoms with E-state index in [1.54, 1.807) is 31.4 Å². The van der Waals surface area contributed by atoms with Crippen LogP contribution in [0.25, 0.3) is 22.3 Å². The van der Waals surface area contributed by atoms with Crippen LogP contribution >= 0.6 is 0 Å². The van der Waals surface area contributed by atoms with E-state index in [1.165, 1.54) is 33.1 Å². The fraction of sp³-hybridized carbons (Fsp3) is 0.190. The van der Waals surface area contributed by atoms with Gasteiger partial charge in [-0.2, -0.15) is 0 Å². The molecule has 3 aromatic rings. The van der Waals surface area contributed by atoms with E-state index in [2.05, 4.69) is 0 Å². The lowest BCUT2D eigenvalue weighted by Crippen LogP contribution is -2.11. The molecule has 2 aromatic carbocycles. The molecule has 0 atom stereocenters. The molecule has 1 aromatic heterocycles. The minimum absolute atomic E-state index is 0.00906. The van der Waals surface area contributed by atoms with E-state index in [-0.39, 0.29) is 34.0 Å². The maximum atomic E-state index is 12.9. The van der Waals surface area contributed by atoms with Crippen molar-refractivity contribution in [1.29, 1.82) is 0 Å². The maximum absolute atomic E-state index is 12.9. The van der Waals surface area contributed by atoms with Crippen LogP contribution in [-0.4, -0.2) is 26.2 Å². The Morgan fingerprint density at radius 2 is 1.52 bits per heavy atom. The lowest BCUT2D eigenvalue weighted by molar-refractivity contribution is -0.132. The van der Waals surface area contributed by atoms with Gasteiger partial charge in [-0.3, -0.25) is 14.4 Å². The van der Waals surface area contributed by atoms with E-state index in [1.807, 2.05) is 0 Å². The van der Waals surface area contributed by atoms with Crippen LogP contribution < -0.4 is 24.4 Å². The van der Waals surface area contributed by atoms with Crippen molar-refractivity contribution in [2.45, 2.75) is 13.8 Å². The van der Waals surface area contributed by atoms with Gasteiger partial charge in [0.2, 0.25) is 5.75 Å². The summed E-state index contributed by atoms with van der Waals surface area (Å²) in [5.41, 5.74) is 0.237. The monoisotopic (exact) mass is 398 g/mol. The molecule has 0 aliphatic rings. The molecule has 1 heterocycles. The standard InChI is InChI=1S/C21H18O8/c1-11(22)27-18-10-17-19(21(20(18)26-4)28-12(2)23)15(24)9-16(29-17)13-5-7-14(25-3)8-6-13/h5-10H,1-4H3. The number of methoxy groups -OCH3 is 2. The highest BCUT2D eigenvalue weighted by Gasteiger charge is 2.24. The molecule has 3 rings (SSSR count). The van der Waals surface area contributed by atoms with Gasteiger partial charge in [0, 0.05) is 31.5 Å².